The highest BCUT2D eigenvalue weighted by Gasteiger charge is 2.13. The van der Waals surface area contributed by atoms with Crippen molar-refractivity contribution in [1.29, 1.82) is 0 Å². The highest BCUT2D eigenvalue weighted by atomic mass is 32.1. The van der Waals surface area contributed by atoms with Gasteiger partial charge in [-0.25, -0.2) is 19.3 Å². The van der Waals surface area contributed by atoms with Crippen LogP contribution >= 0.6 is 12.2 Å². The Morgan fingerprint density at radius 2 is 2.44 bits per heavy atom. The minimum absolute atomic E-state index is 0.128. The standard InChI is InChI=1S/C10H14N6OS/c1-6(3-7(11)18)15(2)8-4-9-13-14-10(17)16(9)5-12-8/h4-6H,3H2,1-2H3,(H2,11,18)(H,14,17). The van der Waals surface area contributed by atoms with E-state index >= 15 is 0 Å². The van der Waals surface area contributed by atoms with Gasteiger partial charge in [0.25, 0.3) is 0 Å². The summed E-state index contributed by atoms with van der Waals surface area (Å²) in [6, 6.07) is 1.86. The summed E-state index contributed by atoms with van der Waals surface area (Å²) in [7, 11) is 1.90. The molecule has 2 aromatic rings. The van der Waals surface area contributed by atoms with Gasteiger partial charge in [0.1, 0.15) is 12.1 Å². The molecule has 1 unspecified atom stereocenters. The number of anilines is 1. The van der Waals surface area contributed by atoms with Gasteiger partial charge in [0.05, 0.1) is 4.99 Å². The fraction of sp³-hybridized carbons (Fsp3) is 0.400. The first-order valence-electron chi connectivity index (χ1n) is 5.43. The predicted octanol–water partition coefficient (Wildman–Crippen LogP) is -0.0815. The Labute approximate surface area is 109 Å². The number of hydrogen-bond donors (Lipinski definition) is 2. The summed E-state index contributed by atoms with van der Waals surface area (Å²) in [5.74, 6) is 0.713. The van der Waals surface area contributed by atoms with Crippen molar-refractivity contribution in [2.24, 2.45) is 5.73 Å². The molecular weight excluding hydrogens is 252 g/mol. The van der Waals surface area contributed by atoms with Crippen LogP contribution in [-0.4, -0.2) is 37.7 Å². The average Bonchev–Trinajstić information content (AvgIpc) is 2.69. The summed E-state index contributed by atoms with van der Waals surface area (Å²) in [6.07, 6.45) is 2.05. The molecule has 96 valence electrons. The first-order valence-corrected chi connectivity index (χ1v) is 5.84. The summed E-state index contributed by atoms with van der Waals surface area (Å²) < 4.78 is 1.34. The summed E-state index contributed by atoms with van der Waals surface area (Å²) in [4.78, 5) is 17.9. The van der Waals surface area contributed by atoms with E-state index in [9.17, 15) is 4.79 Å². The van der Waals surface area contributed by atoms with Gasteiger partial charge in [-0.3, -0.25) is 0 Å². The van der Waals surface area contributed by atoms with Gasteiger partial charge in [-0.05, 0) is 6.92 Å². The molecule has 0 radical (unpaired) electrons. The number of nitrogens with zero attached hydrogens (tertiary/aromatic N) is 4. The molecule has 0 saturated heterocycles. The number of thiocarbonyl (C=S) groups is 1. The molecule has 1 atom stereocenters. The van der Waals surface area contributed by atoms with Gasteiger partial charge < -0.3 is 10.6 Å². The van der Waals surface area contributed by atoms with E-state index < -0.39 is 0 Å². The van der Waals surface area contributed by atoms with E-state index in [0.717, 1.165) is 0 Å². The number of H-pyrrole nitrogens is 1. The number of fused-ring (bicyclic) bond motifs is 1. The van der Waals surface area contributed by atoms with Crippen molar-refractivity contribution in [3.63, 3.8) is 0 Å². The maximum atomic E-state index is 11.3. The van der Waals surface area contributed by atoms with E-state index in [-0.39, 0.29) is 11.7 Å². The lowest BCUT2D eigenvalue weighted by atomic mass is 10.2. The molecular formula is C10H14N6OS. The Bertz CT molecular complexity index is 633. The number of aromatic nitrogens is 4. The fourth-order valence-electron chi connectivity index (χ4n) is 1.65. The minimum atomic E-state index is -0.303. The lowest BCUT2D eigenvalue weighted by Gasteiger charge is -2.25. The zero-order valence-electron chi connectivity index (χ0n) is 10.1. The molecule has 0 aliphatic carbocycles. The van der Waals surface area contributed by atoms with Gasteiger partial charge in [0.2, 0.25) is 0 Å². The van der Waals surface area contributed by atoms with Crippen LogP contribution in [0.3, 0.4) is 0 Å². The van der Waals surface area contributed by atoms with Crippen LogP contribution in [-0.2, 0) is 0 Å². The highest BCUT2D eigenvalue weighted by molar-refractivity contribution is 7.80. The number of nitrogens with one attached hydrogen (secondary N) is 1. The van der Waals surface area contributed by atoms with Crippen LogP contribution in [0.1, 0.15) is 13.3 Å². The molecule has 18 heavy (non-hydrogen) atoms. The first-order chi connectivity index (χ1) is 8.49. The third-order valence-electron chi connectivity index (χ3n) is 2.81. The second-order valence-electron chi connectivity index (χ2n) is 4.13. The predicted molar refractivity (Wildman–Crippen MR) is 72.9 cm³/mol. The van der Waals surface area contributed by atoms with Gasteiger partial charge in [0.15, 0.2) is 5.65 Å². The lowest BCUT2D eigenvalue weighted by Crippen LogP contribution is -2.33. The SMILES string of the molecule is CC(CC(N)=S)N(C)c1cc2n[nH]c(=O)n2cn1. The van der Waals surface area contributed by atoms with Crippen LogP contribution in [0.4, 0.5) is 5.82 Å². The number of rotatable bonds is 4. The van der Waals surface area contributed by atoms with Gasteiger partial charge in [-0.1, -0.05) is 12.2 Å². The molecule has 2 rings (SSSR count). The molecule has 0 spiro atoms. The molecule has 0 aromatic carbocycles. The third kappa shape index (κ3) is 2.33. The van der Waals surface area contributed by atoms with E-state index in [2.05, 4.69) is 15.2 Å². The highest BCUT2D eigenvalue weighted by Crippen LogP contribution is 2.14. The Hall–Kier alpha value is -1.96. The van der Waals surface area contributed by atoms with Gasteiger partial charge in [0, 0.05) is 25.6 Å². The number of hydrogen-bond acceptors (Lipinski definition) is 5. The summed E-state index contributed by atoms with van der Waals surface area (Å²) in [6.45, 7) is 2.00. The molecule has 2 heterocycles. The molecule has 0 amide bonds. The fourth-order valence-corrected chi connectivity index (χ4v) is 1.89. The Morgan fingerprint density at radius 3 is 3.11 bits per heavy atom. The van der Waals surface area contributed by atoms with Crippen molar-refractivity contribution in [2.75, 3.05) is 11.9 Å². The number of aromatic amines is 1. The van der Waals surface area contributed by atoms with Crippen LogP contribution in [0.5, 0.6) is 0 Å². The smallest absolute Gasteiger partial charge is 0.348 e. The van der Waals surface area contributed by atoms with Gasteiger partial charge in [-0.15, -0.1) is 0 Å². The van der Waals surface area contributed by atoms with Gasteiger partial charge in [-0.2, -0.15) is 5.10 Å². The summed E-state index contributed by atoms with van der Waals surface area (Å²) in [5.41, 5.74) is 5.75. The Kier molecular flexibility index (Phi) is 3.28. The second kappa shape index (κ2) is 4.73. The van der Waals surface area contributed by atoms with Crippen LogP contribution in [0, 0.1) is 0 Å². The van der Waals surface area contributed by atoms with Crippen LogP contribution < -0.4 is 16.3 Å². The molecule has 2 aromatic heterocycles. The monoisotopic (exact) mass is 266 g/mol. The normalized spacial score (nSPS) is 12.6. The molecule has 0 fully saturated rings. The maximum absolute atomic E-state index is 11.3. The van der Waals surface area contributed by atoms with E-state index in [1.54, 1.807) is 6.07 Å². The average molecular weight is 266 g/mol. The third-order valence-corrected chi connectivity index (χ3v) is 2.98. The van der Waals surface area contributed by atoms with Crippen molar-refractivity contribution in [3.8, 4) is 0 Å². The lowest BCUT2D eigenvalue weighted by molar-refractivity contribution is 0.704. The molecule has 0 bridgehead atoms. The first kappa shape index (κ1) is 12.5. The van der Waals surface area contributed by atoms with Crippen molar-refractivity contribution >= 4 is 28.7 Å². The molecule has 7 nitrogen and oxygen atoms in total. The molecule has 8 heteroatoms. The molecule has 0 saturated carbocycles. The van der Waals surface area contributed by atoms with Crippen LogP contribution in [0.15, 0.2) is 17.2 Å². The largest absolute Gasteiger partial charge is 0.393 e. The topological polar surface area (TPSA) is 92.3 Å². The quantitative estimate of drug-likeness (QED) is 0.752. The zero-order valence-corrected chi connectivity index (χ0v) is 10.9. The summed E-state index contributed by atoms with van der Waals surface area (Å²) in [5, 5.41) is 6.25. The second-order valence-corrected chi connectivity index (χ2v) is 4.66. The molecule has 3 N–H and O–H groups in total. The maximum Gasteiger partial charge on any atom is 0.348 e. The van der Waals surface area contributed by atoms with Crippen LogP contribution in [0.2, 0.25) is 0 Å². The van der Waals surface area contributed by atoms with E-state index in [1.165, 1.54) is 10.7 Å². The van der Waals surface area contributed by atoms with Crippen molar-refractivity contribution < 1.29 is 0 Å². The Balaban J connectivity index is 2.30. The summed E-state index contributed by atoms with van der Waals surface area (Å²) >= 11 is 4.89. The van der Waals surface area contributed by atoms with Crippen molar-refractivity contribution in [1.82, 2.24) is 19.6 Å². The van der Waals surface area contributed by atoms with E-state index in [1.807, 2.05) is 18.9 Å². The molecule has 0 aliphatic rings. The van der Waals surface area contributed by atoms with Crippen molar-refractivity contribution in [2.45, 2.75) is 19.4 Å². The van der Waals surface area contributed by atoms with Gasteiger partial charge >= 0.3 is 5.69 Å². The van der Waals surface area contributed by atoms with Crippen molar-refractivity contribution in [3.05, 3.63) is 22.9 Å². The van der Waals surface area contributed by atoms with E-state index in [0.29, 0.717) is 22.9 Å². The molecule has 0 aliphatic heterocycles. The minimum Gasteiger partial charge on any atom is -0.393 e. The zero-order chi connectivity index (χ0) is 13.3. The Morgan fingerprint density at radius 1 is 1.72 bits per heavy atom. The van der Waals surface area contributed by atoms with E-state index in [4.69, 9.17) is 18.0 Å². The number of nitrogens with two attached hydrogens (primary N) is 1. The van der Waals surface area contributed by atoms with Crippen LogP contribution in [0.25, 0.3) is 5.65 Å².